The first-order valence-corrected chi connectivity index (χ1v) is 16.0. The van der Waals surface area contributed by atoms with Crippen LogP contribution in [0.3, 0.4) is 0 Å². The first kappa shape index (κ1) is 35.3. The fourth-order valence-corrected chi connectivity index (χ4v) is 7.19. The molecule has 3 heterocycles. The molecule has 10 atom stereocenters. The van der Waals surface area contributed by atoms with Gasteiger partial charge in [0.05, 0.1) is 31.2 Å². The molecule has 1 spiro atoms. The standard InChI is InChI=1S/C34H50O11/c1-19(12-13-26(40-8)24-10-9-11-25(14-24)41-23(5)36)31-21(3)28-17-34(44-31)32(6,7)16-20(2)33(39,45-34)18-30(38)42-27(22(4)35)15-29(37)43-28/h9-11,14,19-22,26-28,31,35,39H,12-13,15-18H2,1-8H3/t19-,20+,21-,22+,26-,27+,28-,31+,33-,34-/m0/s1. The van der Waals surface area contributed by atoms with Gasteiger partial charge in [0.2, 0.25) is 0 Å². The zero-order valence-electron chi connectivity index (χ0n) is 27.7. The van der Waals surface area contributed by atoms with Gasteiger partial charge in [-0.05, 0) is 49.8 Å². The monoisotopic (exact) mass is 634 g/mol. The number of rotatable bonds is 8. The van der Waals surface area contributed by atoms with E-state index in [1.165, 1.54) is 13.8 Å². The number of esters is 3. The number of cyclic esters (lactones) is 1. The second-order valence-electron chi connectivity index (χ2n) is 14.0. The highest BCUT2D eigenvalue weighted by atomic mass is 16.8. The third-order valence-corrected chi connectivity index (χ3v) is 9.95. The third-order valence-electron chi connectivity index (χ3n) is 9.95. The Hall–Kier alpha value is -2.57. The topological polar surface area (TPSA) is 147 Å². The minimum atomic E-state index is -1.90. The Morgan fingerprint density at radius 1 is 1.09 bits per heavy atom. The maximum Gasteiger partial charge on any atom is 0.311 e. The van der Waals surface area contributed by atoms with Crippen molar-refractivity contribution in [1.82, 2.24) is 0 Å². The van der Waals surface area contributed by atoms with Gasteiger partial charge in [-0.25, -0.2) is 0 Å². The van der Waals surface area contributed by atoms with E-state index in [-0.39, 0.29) is 30.8 Å². The molecule has 0 aliphatic carbocycles. The van der Waals surface area contributed by atoms with Crippen LogP contribution in [0.15, 0.2) is 24.3 Å². The lowest BCUT2D eigenvalue weighted by Gasteiger charge is -2.61. The summed E-state index contributed by atoms with van der Waals surface area (Å²) in [5.74, 6) is -5.36. The van der Waals surface area contributed by atoms with Gasteiger partial charge in [-0.1, -0.05) is 46.8 Å². The molecule has 0 saturated carbocycles. The van der Waals surface area contributed by atoms with Crippen LogP contribution in [-0.4, -0.2) is 71.2 Å². The van der Waals surface area contributed by atoms with Crippen LogP contribution in [0.1, 0.15) is 98.7 Å². The van der Waals surface area contributed by atoms with Crippen LogP contribution in [0.4, 0.5) is 0 Å². The van der Waals surface area contributed by atoms with Crippen LogP contribution >= 0.6 is 0 Å². The van der Waals surface area contributed by atoms with E-state index >= 15 is 0 Å². The molecular formula is C34H50O11. The average Bonchev–Trinajstić information content (AvgIpc) is 2.92. The molecule has 3 bridgehead atoms. The molecule has 3 aliphatic heterocycles. The third kappa shape index (κ3) is 7.71. The fourth-order valence-electron chi connectivity index (χ4n) is 7.19. The number of benzene rings is 1. The second kappa shape index (κ2) is 13.7. The van der Waals surface area contributed by atoms with E-state index in [1.807, 2.05) is 39.8 Å². The number of ether oxygens (including phenoxy) is 6. The van der Waals surface area contributed by atoms with Crippen molar-refractivity contribution in [3.63, 3.8) is 0 Å². The van der Waals surface area contributed by atoms with Crippen LogP contribution < -0.4 is 4.74 Å². The molecule has 0 aromatic heterocycles. The maximum absolute atomic E-state index is 13.2. The Bertz CT molecular complexity index is 1230. The molecule has 3 saturated heterocycles. The number of hydrogen-bond donors (Lipinski definition) is 2. The van der Waals surface area contributed by atoms with E-state index in [1.54, 1.807) is 19.2 Å². The summed E-state index contributed by atoms with van der Waals surface area (Å²) in [4.78, 5) is 37.7. The first-order chi connectivity index (χ1) is 21.0. The van der Waals surface area contributed by atoms with Gasteiger partial charge in [0.1, 0.15) is 18.0 Å². The molecule has 0 amide bonds. The fraction of sp³-hybridized carbons (Fsp3) is 0.735. The summed E-state index contributed by atoms with van der Waals surface area (Å²) in [5.41, 5.74) is 0.248. The van der Waals surface area contributed by atoms with Crippen molar-refractivity contribution in [3.05, 3.63) is 29.8 Å². The number of methoxy groups -OCH3 is 1. The van der Waals surface area contributed by atoms with Gasteiger partial charge in [-0.3, -0.25) is 14.4 Å². The predicted octanol–water partition coefficient (Wildman–Crippen LogP) is 4.61. The highest BCUT2D eigenvalue weighted by molar-refractivity contribution is 5.73. The van der Waals surface area contributed by atoms with E-state index in [2.05, 4.69) is 6.92 Å². The molecule has 3 fully saturated rings. The van der Waals surface area contributed by atoms with Gasteiger partial charge < -0.3 is 38.6 Å². The van der Waals surface area contributed by atoms with Crippen molar-refractivity contribution in [2.45, 2.75) is 129 Å². The zero-order valence-corrected chi connectivity index (χ0v) is 27.7. The molecule has 1 aromatic rings. The van der Waals surface area contributed by atoms with Gasteiger partial charge in [0, 0.05) is 37.7 Å². The SMILES string of the molecule is CO[C@@H](CC[C@H](C)[C@H]1O[C@@]23C[C@H](OC(=O)C[C@H]([C@@H](C)O)OC(=O)C[C@](O)(O2)[C@H](C)CC3(C)C)[C@@H]1C)c1cccc(OC(C)=O)c1. The molecule has 4 rings (SSSR count). The Labute approximate surface area is 265 Å². The minimum Gasteiger partial charge on any atom is -0.462 e. The highest BCUT2D eigenvalue weighted by Crippen LogP contribution is 2.57. The Morgan fingerprint density at radius 3 is 2.44 bits per heavy atom. The van der Waals surface area contributed by atoms with Crippen molar-refractivity contribution >= 4 is 17.9 Å². The normalized spacial score (nSPS) is 35.5. The summed E-state index contributed by atoms with van der Waals surface area (Å²) in [6.45, 7) is 12.7. The van der Waals surface area contributed by atoms with Crippen LogP contribution in [0.2, 0.25) is 0 Å². The van der Waals surface area contributed by atoms with Gasteiger partial charge in [-0.2, -0.15) is 0 Å². The second-order valence-corrected chi connectivity index (χ2v) is 14.0. The Balaban J connectivity index is 1.64. The van der Waals surface area contributed by atoms with Crippen LogP contribution in [0, 0.1) is 23.2 Å². The molecule has 1 aromatic carbocycles. The lowest BCUT2D eigenvalue weighted by molar-refractivity contribution is -0.452. The van der Waals surface area contributed by atoms with Crippen LogP contribution in [-0.2, 0) is 38.1 Å². The van der Waals surface area contributed by atoms with Crippen molar-refractivity contribution < 1.29 is 53.0 Å². The molecular weight excluding hydrogens is 584 g/mol. The van der Waals surface area contributed by atoms with E-state index in [4.69, 9.17) is 28.4 Å². The van der Waals surface area contributed by atoms with E-state index < -0.39 is 71.7 Å². The lowest BCUT2D eigenvalue weighted by atomic mass is 9.66. The molecule has 0 unspecified atom stereocenters. The van der Waals surface area contributed by atoms with Gasteiger partial charge >= 0.3 is 17.9 Å². The summed E-state index contributed by atoms with van der Waals surface area (Å²) in [5, 5.41) is 22.1. The van der Waals surface area contributed by atoms with E-state index in [0.29, 0.717) is 25.0 Å². The summed E-state index contributed by atoms with van der Waals surface area (Å²) < 4.78 is 36.0. The number of fused-ring (bicyclic) bond motifs is 2. The average molecular weight is 635 g/mol. The van der Waals surface area contributed by atoms with E-state index in [0.717, 1.165) is 5.56 Å². The molecule has 2 N–H and O–H groups in total. The van der Waals surface area contributed by atoms with Crippen molar-refractivity contribution in [1.29, 1.82) is 0 Å². The Morgan fingerprint density at radius 2 is 1.80 bits per heavy atom. The highest BCUT2D eigenvalue weighted by Gasteiger charge is 2.64. The summed E-state index contributed by atoms with van der Waals surface area (Å²) >= 11 is 0. The predicted molar refractivity (Wildman–Crippen MR) is 162 cm³/mol. The number of carbonyl (C=O) groups is 3. The van der Waals surface area contributed by atoms with Gasteiger partial charge in [-0.15, -0.1) is 0 Å². The van der Waals surface area contributed by atoms with Gasteiger partial charge in [0.25, 0.3) is 0 Å². The zero-order chi connectivity index (χ0) is 33.3. The number of hydrogen-bond acceptors (Lipinski definition) is 11. The molecule has 11 heteroatoms. The largest absolute Gasteiger partial charge is 0.462 e. The summed E-state index contributed by atoms with van der Waals surface area (Å²) in [7, 11) is 1.63. The molecule has 3 aliphatic rings. The minimum absolute atomic E-state index is 0.0670. The maximum atomic E-state index is 13.2. The Kier molecular flexibility index (Phi) is 10.7. The quantitative estimate of drug-likeness (QED) is 0.305. The molecule has 0 radical (unpaired) electrons. The van der Waals surface area contributed by atoms with Crippen molar-refractivity contribution in [2.24, 2.45) is 23.2 Å². The van der Waals surface area contributed by atoms with Crippen LogP contribution in [0.5, 0.6) is 5.75 Å². The first-order valence-electron chi connectivity index (χ1n) is 16.0. The smallest absolute Gasteiger partial charge is 0.311 e. The summed E-state index contributed by atoms with van der Waals surface area (Å²) in [6.07, 6.45) is -2.46. The van der Waals surface area contributed by atoms with Crippen molar-refractivity contribution in [2.75, 3.05) is 7.11 Å². The number of aliphatic hydroxyl groups is 2. The molecule has 11 nitrogen and oxygen atoms in total. The van der Waals surface area contributed by atoms with E-state index in [9.17, 15) is 24.6 Å². The molecule has 45 heavy (non-hydrogen) atoms. The van der Waals surface area contributed by atoms with Crippen molar-refractivity contribution in [3.8, 4) is 5.75 Å². The number of aliphatic hydroxyl groups excluding tert-OH is 1. The van der Waals surface area contributed by atoms with Crippen LogP contribution in [0.25, 0.3) is 0 Å². The number of carbonyl (C=O) groups excluding carboxylic acids is 3. The molecule has 252 valence electrons. The lowest BCUT2D eigenvalue weighted by Crippen LogP contribution is -2.68. The van der Waals surface area contributed by atoms with Gasteiger partial charge in [0.15, 0.2) is 11.6 Å². The summed E-state index contributed by atoms with van der Waals surface area (Å²) in [6, 6.07) is 7.25.